The summed E-state index contributed by atoms with van der Waals surface area (Å²) in [4.78, 5) is 23.3. The van der Waals surface area contributed by atoms with E-state index < -0.39 is 17.9 Å². The Bertz CT molecular complexity index is 1110. The Balaban J connectivity index is 1.75. The van der Waals surface area contributed by atoms with Gasteiger partial charge in [-0.3, -0.25) is 14.7 Å². The van der Waals surface area contributed by atoms with Crippen molar-refractivity contribution < 1.29 is 18.7 Å². The number of nitrogens with one attached hydrogen (secondary N) is 1. The minimum atomic E-state index is -0.624. The number of halogens is 2. The molecular weight excluding hydrogens is 455 g/mol. The molecule has 1 aromatic heterocycles. The molecule has 7 nitrogen and oxygen atoms in total. The van der Waals surface area contributed by atoms with Gasteiger partial charge in [0.1, 0.15) is 17.9 Å². The summed E-state index contributed by atoms with van der Waals surface area (Å²) in [5, 5.41) is 6.04. The van der Waals surface area contributed by atoms with Crippen LogP contribution in [0.4, 0.5) is 4.39 Å². The number of esters is 1. The van der Waals surface area contributed by atoms with E-state index in [1.54, 1.807) is 12.3 Å². The third-order valence-electron chi connectivity index (χ3n) is 5.25. The zero-order valence-electron chi connectivity index (χ0n) is 17.2. The van der Waals surface area contributed by atoms with E-state index in [1.807, 2.05) is 10.3 Å². The van der Waals surface area contributed by atoms with Gasteiger partial charge in [-0.05, 0) is 12.1 Å². The largest absolute Gasteiger partial charge is 0.468 e. The molecule has 0 saturated carbocycles. The standard InChI is InChI=1S/C22H20ClFN4O3S/c1-3-14-17(11-28-7-8-31-12-18(28)22(29)30-2)26-20(21-25-6-9-32-21)27-19(14)15-5-4-13(24)10-16(15)23/h1,4-6,9-10,18-19H,7-8,11-12H2,2H3,(H,26,27)/t18-,19?/m0/s1. The van der Waals surface area contributed by atoms with Gasteiger partial charge < -0.3 is 14.8 Å². The summed E-state index contributed by atoms with van der Waals surface area (Å²) in [6.07, 6.45) is 7.59. The third-order valence-corrected chi connectivity index (χ3v) is 6.35. The highest BCUT2D eigenvalue weighted by molar-refractivity contribution is 7.11. The molecule has 1 aromatic carbocycles. The fraction of sp³-hybridized carbons (Fsp3) is 0.318. The van der Waals surface area contributed by atoms with Crippen LogP contribution in [-0.4, -0.2) is 61.1 Å². The summed E-state index contributed by atoms with van der Waals surface area (Å²) in [5.74, 6) is 2.43. The zero-order chi connectivity index (χ0) is 22.7. The number of nitrogens with zero attached hydrogens (tertiary/aromatic N) is 3. The van der Waals surface area contributed by atoms with E-state index in [4.69, 9.17) is 32.5 Å². The third kappa shape index (κ3) is 4.54. The van der Waals surface area contributed by atoms with E-state index >= 15 is 0 Å². The summed E-state index contributed by atoms with van der Waals surface area (Å²) < 4.78 is 24.1. The summed E-state index contributed by atoms with van der Waals surface area (Å²) in [6, 6.07) is 2.96. The van der Waals surface area contributed by atoms with Gasteiger partial charge in [-0.25, -0.2) is 9.37 Å². The number of rotatable bonds is 5. The van der Waals surface area contributed by atoms with Crippen molar-refractivity contribution >= 4 is 34.7 Å². The van der Waals surface area contributed by atoms with Crippen LogP contribution < -0.4 is 5.32 Å². The topological polar surface area (TPSA) is 76.0 Å². The average Bonchev–Trinajstić information content (AvgIpc) is 3.33. The van der Waals surface area contributed by atoms with Gasteiger partial charge in [0, 0.05) is 40.9 Å². The van der Waals surface area contributed by atoms with Crippen LogP contribution in [0.5, 0.6) is 0 Å². The number of carbonyl (C=O) groups excluding carboxylic acids is 1. The van der Waals surface area contributed by atoms with Crippen LogP contribution >= 0.6 is 22.9 Å². The van der Waals surface area contributed by atoms with E-state index in [1.165, 1.54) is 30.6 Å². The molecule has 2 aliphatic rings. The predicted molar refractivity (Wildman–Crippen MR) is 120 cm³/mol. The Labute approximate surface area is 193 Å². The Morgan fingerprint density at radius 2 is 2.38 bits per heavy atom. The maximum absolute atomic E-state index is 13.7. The molecular formula is C22H20ClFN4O3S. The summed E-state index contributed by atoms with van der Waals surface area (Å²) in [7, 11) is 1.35. The monoisotopic (exact) mass is 474 g/mol. The van der Waals surface area contributed by atoms with Crippen molar-refractivity contribution in [1.82, 2.24) is 15.2 Å². The van der Waals surface area contributed by atoms with Gasteiger partial charge in [0.2, 0.25) is 0 Å². The number of carbonyl (C=O) groups is 1. The van der Waals surface area contributed by atoms with Crippen LogP contribution in [0.3, 0.4) is 0 Å². The molecule has 3 heterocycles. The lowest BCUT2D eigenvalue weighted by Crippen LogP contribution is -2.52. The first-order chi connectivity index (χ1) is 15.5. The first kappa shape index (κ1) is 22.4. The molecule has 2 aromatic rings. The molecule has 166 valence electrons. The van der Waals surface area contributed by atoms with E-state index in [-0.39, 0.29) is 17.6 Å². The molecule has 1 fully saturated rings. The van der Waals surface area contributed by atoms with Gasteiger partial charge in [0.15, 0.2) is 10.8 Å². The van der Waals surface area contributed by atoms with E-state index in [0.29, 0.717) is 47.4 Å². The molecule has 2 atom stereocenters. The molecule has 1 unspecified atom stereocenters. The van der Waals surface area contributed by atoms with Gasteiger partial charge in [-0.1, -0.05) is 23.6 Å². The maximum Gasteiger partial charge on any atom is 0.325 e. The van der Waals surface area contributed by atoms with Crippen LogP contribution in [0.1, 0.15) is 16.6 Å². The van der Waals surface area contributed by atoms with E-state index in [0.717, 1.165) is 0 Å². The molecule has 2 aliphatic heterocycles. The number of thiazole rings is 1. The van der Waals surface area contributed by atoms with Crippen molar-refractivity contribution in [3.63, 3.8) is 0 Å². The number of hydrogen-bond acceptors (Lipinski definition) is 8. The quantitative estimate of drug-likeness (QED) is 0.530. The van der Waals surface area contributed by atoms with Gasteiger partial charge in [0.05, 0.1) is 25.9 Å². The zero-order valence-corrected chi connectivity index (χ0v) is 18.8. The Morgan fingerprint density at radius 3 is 3.06 bits per heavy atom. The highest BCUT2D eigenvalue weighted by Crippen LogP contribution is 2.36. The number of terminal acetylenes is 1. The Hall–Kier alpha value is -2.77. The van der Waals surface area contributed by atoms with Crippen molar-refractivity contribution in [2.45, 2.75) is 12.1 Å². The summed E-state index contributed by atoms with van der Waals surface area (Å²) in [6.45, 7) is 1.57. The van der Waals surface area contributed by atoms with Crippen LogP contribution in [0.15, 0.2) is 46.0 Å². The van der Waals surface area contributed by atoms with Crippen molar-refractivity contribution in [2.24, 2.45) is 4.99 Å². The lowest BCUT2D eigenvalue weighted by molar-refractivity contribution is -0.152. The SMILES string of the molecule is C#CC1=C(CN2CCOC[C@H]2C(=O)OC)NC(c2nccs2)=NC1c1ccc(F)cc1Cl. The second kappa shape index (κ2) is 9.79. The van der Waals surface area contributed by atoms with Crippen molar-refractivity contribution in [2.75, 3.05) is 33.4 Å². The number of aromatic nitrogens is 1. The highest BCUT2D eigenvalue weighted by Gasteiger charge is 2.34. The van der Waals surface area contributed by atoms with Crippen molar-refractivity contribution in [1.29, 1.82) is 0 Å². The number of methoxy groups -OCH3 is 1. The second-order valence-corrected chi connectivity index (χ2v) is 8.43. The number of hydrogen-bond donors (Lipinski definition) is 1. The Kier molecular flexibility index (Phi) is 6.86. The molecule has 10 heteroatoms. The first-order valence-corrected chi connectivity index (χ1v) is 11.1. The molecule has 1 saturated heterocycles. The lowest BCUT2D eigenvalue weighted by atomic mass is 9.95. The van der Waals surface area contributed by atoms with Crippen LogP contribution in [0, 0.1) is 18.2 Å². The fourth-order valence-corrected chi connectivity index (χ4v) is 4.53. The molecule has 0 aliphatic carbocycles. The van der Waals surface area contributed by atoms with Crippen molar-refractivity contribution in [3.05, 3.63) is 62.5 Å². The minimum absolute atomic E-state index is 0.227. The Morgan fingerprint density at radius 1 is 1.53 bits per heavy atom. The molecule has 32 heavy (non-hydrogen) atoms. The number of morpholine rings is 1. The molecule has 4 rings (SSSR count). The highest BCUT2D eigenvalue weighted by atomic mass is 35.5. The number of ether oxygens (including phenoxy) is 2. The lowest BCUT2D eigenvalue weighted by Gasteiger charge is -2.36. The van der Waals surface area contributed by atoms with Gasteiger partial charge in [0.25, 0.3) is 0 Å². The molecule has 1 N–H and O–H groups in total. The normalized spacial score (nSPS) is 21.5. The second-order valence-electron chi connectivity index (χ2n) is 7.13. The molecule has 0 spiro atoms. The van der Waals surface area contributed by atoms with Crippen LogP contribution in [0.2, 0.25) is 5.02 Å². The van der Waals surface area contributed by atoms with Gasteiger partial charge >= 0.3 is 5.97 Å². The minimum Gasteiger partial charge on any atom is -0.468 e. The van der Waals surface area contributed by atoms with Gasteiger partial charge in [-0.2, -0.15) is 0 Å². The number of amidine groups is 1. The maximum atomic E-state index is 13.7. The van der Waals surface area contributed by atoms with Crippen molar-refractivity contribution in [3.8, 4) is 12.3 Å². The average molecular weight is 475 g/mol. The van der Waals surface area contributed by atoms with Crippen LogP contribution in [0.25, 0.3) is 0 Å². The molecule has 0 radical (unpaired) electrons. The fourth-order valence-electron chi connectivity index (χ4n) is 3.67. The molecule has 0 bridgehead atoms. The van der Waals surface area contributed by atoms with Crippen LogP contribution in [-0.2, 0) is 14.3 Å². The predicted octanol–water partition coefficient (Wildman–Crippen LogP) is 2.79. The first-order valence-electron chi connectivity index (χ1n) is 9.80. The number of benzene rings is 1. The van der Waals surface area contributed by atoms with E-state index in [9.17, 15) is 9.18 Å². The smallest absolute Gasteiger partial charge is 0.325 e. The van der Waals surface area contributed by atoms with Gasteiger partial charge in [-0.15, -0.1) is 17.8 Å². The summed E-state index contributed by atoms with van der Waals surface area (Å²) in [5.41, 5.74) is 1.82. The number of aliphatic imine (C=N–C) groups is 1. The molecule has 0 amide bonds. The summed E-state index contributed by atoms with van der Waals surface area (Å²) >= 11 is 7.78. The van der Waals surface area contributed by atoms with E-state index in [2.05, 4.69) is 16.2 Å².